The van der Waals surface area contributed by atoms with Crippen LogP contribution in [0, 0.1) is 15.9 Å². The summed E-state index contributed by atoms with van der Waals surface area (Å²) in [5.41, 5.74) is 5.86. The molecule has 1 aromatic carbocycles. The summed E-state index contributed by atoms with van der Waals surface area (Å²) >= 11 is 0. The van der Waals surface area contributed by atoms with Crippen LogP contribution in [0.2, 0.25) is 0 Å². The lowest BCUT2D eigenvalue weighted by atomic mass is 10.0. The first kappa shape index (κ1) is 15.5. The molecule has 0 aliphatic rings. The lowest BCUT2D eigenvalue weighted by molar-refractivity contribution is -0.385. The molecule has 1 atom stereocenters. The summed E-state index contributed by atoms with van der Waals surface area (Å²) in [5.74, 6) is -0.519. The first-order valence-corrected chi connectivity index (χ1v) is 4.86. The zero-order chi connectivity index (χ0) is 12.1. The summed E-state index contributed by atoms with van der Waals surface area (Å²) in [6.45, 7) is 3.54. The number of hydrogen-bond acceptors (Lipinski definition) is 3. The van der Waals surface area contributed by atoms with Crippen molar-refractivity contribution in [3.63, 3.8) is 0 Å². The Morgan fingerprint density at radius 3 is 2.76 bits per heavy atom. The van der Waals surface area contributed by atoms with Crippen LogP contribution in [0.4, 0.5) is 10.1 Å². The average Bonchev–Trinajstić information content (AvgIpc) is 2.25. The fourth-order valence-corrected chi connectivity index (χ4v) is 1.44. The highest BCUT2D eigenvalue weighted by Gasteiger charge is 2.19. The van der Waals surface area contributed by atoms with Crippen molar-refractivity contribution in [2.24, 2.45) is 5.73 Å². The smallest absolute Gasteiger partial charge is 0.274 e. The lowest BCUT2D eigenvalue weighted by Gasteiger charge is -2.11. The van der Waals surface area contributed by atoms with E-state index in [9.17, 15) is 14.5 Å². The largest absolute Gasteiger partial charge is 0.324 e. The van der Waals surface area contributed by atoms with Gasteiger partial charge < -0.3 is 5.73 Å². The molecule has 0 aliphatic carbocycles. The third-order valence-corrected chi connectivity index (χ3v) is 2.27. The maximum atomic E-state index is 13.0. The lowest BCUT2D eigenvalue weighted by Crippen LogP contribution is -2.12. The minimum atomic E-state index is -0.553. The predicted octanol–water partition coefficient (Wildman–Crippen LogP) is 3.12. The normalized spacial score (nSPS) is 11.4. The second-order valence-electron chi connectivity index (χ2n) is 3.43. The van der Waals surface area contributed by atoms with Gasteiger partial charge in [0.2, 0.25) is 0 Å². The molecule has 0 spiro atoms. The van der Waals surface area contributed by atoms with Crippen LogP contribution in [0.1, 0.15) is 24.4 Å². The molecule has 0 bridgehead atoms. The second kappa shape index (κ2) is 6.98. The van der Waals surface area contributed by atoms with Crippen molar-refractivity contribution in [3.05, 3.63) is 52.3 Å². The summed E-state index contributed by atoms with van der Waals surface area (Å²) < 4.78 is 13.0. The Kier molecular flexibility index (Phi) is 6.38. The molecule has 94 valence electrons. The molecule has 2 N–H and O–H groups in total. The van der Waals surface area contributed by atoms with Crippen LogP contribution in [0.5, 0.6) is 0 Å². The van der Waals surface area contributed by atoms with E-state index in [-0.39, 0.29) is 23.7 Å². The second-order valence-corrected chi connectivity index (χ2v) is 3.43. The van der Waals surface area contributed by atoms with Crippen molar-refractivity contribution in [2.45, 2.75) is 18.9 Å². The van der Waals surface area contributed by atoms with Crippen LogP contribution in [0.3, 0.4) is 0 Å². The summed E-state index contributed by atoms with van der Waals surface area (Å²) in [6.07, 6.45) is 2.81. The van der Waals surface area contributed by atoms with Crippen molar-refractivity contribution in [3.8, 4) is 0 Å². The van der Waals surface area contributed by atoms with Crippen LogP contribution in [-0.4, -0.2) is 4.92 Å². The Balaban J connectivity index is 0.00000256. The molecule has 0 aliphatic heterocycles. The molecule has 0 saturated heterocycles. The van der Waals surface area contributed by atoms with E-state index in [1.54, 1.807) is 6.08 Å². The van der Waals surface area contributed by atoms with Gasteiger partial charge in [-0.3, -0.25) is 10.1 Å². The van der Waals surface area contributed by atoms with Crippen LogP contribution in [-0.2, 0) is 0 Å². The van der Waals surface area contributed by atoms with E-state index < -0.39 is 16.8 Å². The maximum absolute atomic E-state index is 13.0. The molecule has 4 nitrogen and oxygen atoms in total. The SMILES string of the molecule is C=CCC[C@H](N)c1cc(F)ccc1[N+](=O)[O-].Cl. The number of halogens is 2. The van der Waals surface area contributed by atoms with Gasteiger partial charge in [-0.1, -0.05) is 6.08 Å². The number of hydrogen-bond donors (Lipinski definition) is 1. The molecule has 0 fully saturated rings. The molecule has 6 heteroatoms. The van der Waals surface area contributed by atoms with Gasteiger partial charge in [0.05, 0.1) is 4.92 Å². The summed E-state index contributed by atoms with van der Waals surface area (Å²) in [4.78, 5) is 10.2. The number of nitro groups is 1. The summed E-state index contributed by atoms with van der Waals surface area (Å²) in [5, 5.41) is 10.7. The third kappa shape index (κ3) is 4.13. The number of rotatable bonds is 5. The standard InChI is InChI=1S/C11H13FN2O2.ClH/c1-2-3-4-10(13)9-7-8(12)5-6-11(9)14(15)16;/h2,5-7,10H,1,3-4,13H2;1H/t10-;/m0./s1. The average molecular weight is 261 g/mol. The molecular weight excluding hydrogens is 247 g/mol. The zero-order valence-electron chi connectivity index (χ0n) is 9.14. The van der Waals surface area contributed by atoms with Crippen LogP contribution in [0.15, 0.2) is 30.9 Å². The van der Waals surface area contributed by atoms with E-state index in [1.165, 1.54) is 0 Å². The monoisotopic (exact) mass is 260 g/mol. The van der Waals surface area contributed by atoms with E-state index in [0.717, 1.165) is 18.2 Å². The molecule has 1 aromatic rings. The minimum absolute atomic E-state index is 0. The van der Waals surface area contributed by atoms with Crippen LogP contribution in [0.25, 0.3) is 0 Å². The number of nitrogens with two attached hydrogens (primary N) is 1. The van der Waals surface area contributed by atoms with Crippen molar-refractivity contribution in [1.82, 2.24) is 0 Å². The van der Waals surface area contributed by atoms with Crippen LogP contribution < -0.4 is 5.73 Å². The van der Waals surface area contributed by atoms with Gasteiger partial charge in [0.15, 0.2) is 0 Å². The molecule has 17 heavy (non-hydrogen) atoms. The first-order chi connectivity index (χ1) is 7.56. The Hall–Kier alpha value is -1.46. The molecule has 1 rings (SSSR count). The molecule has 0 saturated carbocycles. The fraction of sp³-hybridized carbons (Fsp3) is 0.273. The topological polar surface area (TPSA) is 69.2 Å². The summed E-state index contributed by atoms with van der Waals surface area (Å²) in [6, 6.07) is 2.76. The fourth-order valence-electron chi connectivity index (χ4n) is 1.44. The van der Waals surface area contributed by atoms with Gasteiger partial charge in [0, 0.05) is 17.7 Å². The van der Waals surface area contributed by atoms with Gasteiger partial charge in [-0.05, 0) is 25.0 Å². The molecule has 0 heterocycles. The van der Waals surface area contributed by atoms with Crippen molar-refractivity contribution < 1.29 is 9.31 Å². The minimum Gasteiger partial charge on any atom is -0.324 e. The third-order valence-electron chi connectivity index (χ3n) is 2.27. The first-order valence-electron chi connectivity index (χ1n) is 4.86. The zero-order valence-corrected chi connectivity index (χ0v) is 9.95. The van der Waals surface area contributed by atoms with Crippen molar-refractivity contribution in [1.29, 1.82) is 0 Å². The van der Waals surface area contributed by atoms with E-state index in [2.05, 4.69) is 6.58 Å². The Bertz CT molecular complexity index is 412. The molecule has 0 aromatic heterocycles. The van der Waals surface area contributed by atoms with E-state index in [0.29, 0.717) is 12.8 Å². The number of nitro benzene ring substituents is 1. The van der Waals surface area contributed by atoms with E-state index in [4.69, 9.17) is 5.73 Å². The highest BCUT2D eigenvalue weighted by molar-refractivity contribution is 5.85. The van der Waals surface area contributed by atoms with Gasteiger partial charge >= 0.3 is 0 Å². The highest BCUT2D eigenvalue weighted by Crippen LogP contribution is 2.27. The van der Waals surface area contributed by atoms with Gasteiger partial charge in [0.1, 0.15) is 5.82 Å². The Morgan fingerprint density at radius 1 is 1.59 bits per heavy atom. The number of benzene rings is 1. The predicted molar refractivity (Wildman–Crippen MR) is 66.7 cm³/mol. The quantitative estimate of drug-likeness (QED) is 0.502. The van der Waals surface area contributed by atoms with Crippen molar-refractivity contribution in [2.75, 3.05) is 0 Å². The highest BCUT2D eigenvalue weighted by atomic mass is 35.5. The Morgan fingerprint density at radius 2 is 2.24 bits per heavy atom. The van der Waals surface area contributed by atoms with Gasteiger partial charge in [-0.25, -0.2) is 4.39 Å². The Labute approximate surface area is 105 Å². The molecule has 0 radical (unpaired) electrons. The van der Waals surface area contributed by atoms with Gasteiger partial charge in [0.25, 0.3) is 5.69 Å². The summed E-state index contributed by atoms with van der Waals surface area (Å²) in [7, 11) is 0. The van der Waals surface area contributed by atoms with Gasteiger partial charge in [-0.2, -0.15) is 0 Å². The molecule has 0 amide bonds. The van der Waals surface area contributed by atoms with E-state index >= 15 is 0 Å². The molecular formula is C11H14ClFN2O2. The van der Waals surface area contributed by atoms with Crippen LogP contribution >= 0.6 is 12.4 Å². The maximum Gasteiger partial charge on any atom is 0.274 e. The van der Waals surface area contributed by atoms with E-state index in [1.807, 2.05) is 0 Å². The number of nitrogens with zero attached hydrogens (tertiary/aromatic N) is 1. The number of allylic oxidation sites excluding steroid dienone is 1. The van der Waals surface area contributed by atoms with Gasteiger partial charge in [-0.15, -0.1) is 19.0 Å². The van der Waals surface area contributed by atoms with Crippen molar-refractivity contribution >= 4 is 18.1 Å². The molecule has 0 unspecified atom stereocenters.